The summed E-state index contributed by atoms with van der Waals surface area (Å²) in [5.41, 5.74) is 0.444. The lowest BCUT2D eigenvalue weighted by Gasteiger charge is -2.39. The van der Waals surface area contributed by atoms with Crippen LogP contribution in [0.4, 0.5) is 4.79 Å². The van der Waals surface area contributed by atoms with Crippen LogP contribution in [0.2, 0.25) is 0 Å². The summed E-state index contributed by atoms with van der Waals surface area (Å²) in [6.45, 7) is 6.36. The standard InChI is InChI=1S/C17H23NO4/c1-17(2,3)22-15(19)11-14-9-10-18(14)16(20)21-12-13-7-5-4-6-8-13/h4-8,14H,9-12H2,1-3H3/t14-/m0/s1. The second-order valence-corrected chi connectivity index (χ2v) is 6.47. The summed E-state index contributed by atoms with van der Waals surface area (Å²) in [7, 11) is 0. The lowest BCUT2D eigenvalue weighted by molar-refractivity contribution is -0.157. The number of rotatable bonds is 4. The largest absolute Gasteiger partial charge is 0.460 e. The van der Waals surface area contributed by atoms with Gasteiger partial charge in [0.05, 0.1) is 6.42 Å². The number of carbonyl (C=O) groups excluding carboxylic acids is 2. The van der Waals surface area contributed by atoms with Gasteiger partial charge in [-0.2, -0.15) is 0 Å². The Morgan fingerprint density at radius 1 is 1.23 bits per heavy atom. The molecule has 1 amide bonds. The van der Waals surface area contributed by atoms with Crippen LogP contribution in [0.15, 0.2) is 30.3 Å². The van der Waals surface area contributed by atoms with Crippen LogP contribution in [0.3, 0.4) is 0 Å². The molecule has 1 saturated heterocycles. The van der Waals surface area contributed by atoms with Crippen molar-refractivity contribution in [3.63, 3.8) is 0 Å². The zero-order valence-corrected chi connectivity index (χ0v) is 13.4. The summed E-state index contributed by atoms with van der Waals surface area (Å²) < 4.78 is 10.6. The maximum Gasteiger partial charge on any atom is 0.410 e. The first-order valence-electron chi connectivity index (χ1n) is 7.54. The van der Waals surface area contributed by atoms with E-state index in [2.05, 4.69) is 0 Å². The first kappa shape index (κ1) is 16.3. The molecule has 5 heteroatoms. The molecule has 0 N–H and O–H groups in total. The highest BCUT2D eigenvalue weighted by Crippen LogP contribution is 2.23. The van der Waals surface area contributed by atoms with Crippen LogP contribution in [0.25, 0.3) is 0 Å². The highest BCUT2D eigenvalue weighted by molar-refractivity contribution is 5.74. The van der Waals surface area contributed by atoms with Gasteiger partial charge in [0.2, 0.25) is 0 Å². The van der Waals surface area contributed by atoms with Crippen molar-refractivity contribution in [2.45, 2.75) is 51.9 Å². The second-order valence-electron chi connectivity index (χ2n) is 6.47. The van der Waals surface area contributed by atoms with Crippen LogP contribution in [0, 0.1) is 0 Å². The maximum absolute atomic E-state index is 12.0. The zero-order valence-electron chi connectivity index (χ0n) is 13.4. The van der Waals surface area contributed by atoms with Crippen molar-refractivity contribution < 1.29 is 19.1 Å². The third-order valence-corrected chi connectivity index (χ3v) is 3.41. The van der Waals surface area contributed by atoms with Gasteiger partial charge in [-0.25, -0.2) is 4.79 Å². The van der Waals surface area contributed by atoms with Gasteiger partial charge in [-0.1, -0.05) is 30.3 Å². The molecule has 0 spiro atoms. The van der Waals surface area contributed by atoms with E-state index in [1.165, 1.54) is 0 Å². The fourth-order valence-electron chi connectivity index (χ4n) is 2.27. The molecule has 0 bridgehead atoms. The molecule has 1 heterocycles. The SMILES string of the molecule is CC(C)(C)OC(=O)C[C@@H]1CCN1C(=O)OCc1ccccc1. The predicted molar refractivity (Wildman–Crippen MR) is 82.2 cm³/mol. The lowest BCUT2D eigenvalue weighted by atomic mass is 10.0. The van der Waals surface area contributed by atoms with Crippen LogP contribution in [0.1, 0.15) is 39.2 Å². The topological polar surface area (TPSA) is 55.8 Å². The molecule has 1 aromatic carbocycles. The molecule has 0 saturated carbocycles. The van der Waals surface area contributed by atoms with E-state index >= 15 is 0 Å². The summed E-state index contributed by atoms with van der Waals surface area (Å²) in [4.78, 5) is 25.4. The summed E-state index contributed by atoms with van der Waals surface area (Å²) in [5, 5.41) is 0. The third kappa shape index (κ3) is 4.76. The van der Waals surface area contributed by atoms with E-state index in [1.54, 1.807) is 4.90 Å². The fourth-order valence-corrected chi connectivity index (χ4v) is 2.27. The first-order chi connectivity index (χ1) is 10.3. The van der Waals surface area contributed by atoms with E-state index in [9.17, 15) is 9.59 Å². The number of carbonyl (C=O) groups is 2. The van der Waals surface area contributed by atoms with E-state index in [0.717, 1.165) is 12.0 Å². The van der Waals surface area contributed by atoms with Gasteiger partial charge >= 0.3 is 12.1 Å². The summed E-state index contributed by atoms with van der Waals surface area (Å²) in [6.07, 6.45) is 0.654. The summed E-state index contributed by atoms with van der Waals surface area (Å²) >= 11 is 0. The highest BCUT2D eigenvalue weighted by Gasteiger charge is 2.35. The number of amides is 1. The molecule has 120 valence electrons. The Labute approximate surface area is 131 Å². The molecule has 1 aliphatic rings. The van der Waals surface area contributed by atoms with Gasteiger partial charge in [0, 0.05) is 12.6 Å². The van der Waals surface area contributed by atoms with Gasteiger partial charge in [-0.15, -0.1) is 0 Å². The second kappa shape index (κ2) is 6.81. The van der Waals surface area contributed by atoms with Crippen LogP contribution < -0.4 is 0 Å². The Balaban J connectivity index is 1.78. The number of nitrogens with zero attached hydrogens (tertiary/aromatic N) is 1. The third-order valence-electron chi connectivity index (χ3n) is 3.41. The van der Waals surface area contributed by atoms with E-state index in [1.807, 2.05) is 51.1 Å². The number of likely N-dealkylation sites (tertiary alicyclic amines) is 1. The number of ether oxygens (including phenoxy) is 2. The molecule has 0 unspecified atom stereocenters. The van der Waals surface area contributed by atoms with Crippen LogP contribution in [-0.4, -0.2) is 35.2 Å². The molecule has 1 atom stereocenters. The minimum Gasteiger partial charge on any atom is -0.460 e. The minimum absolute atomic E-state index is 0.113. The van der Waals surface area contributed by atoms with Gasteiger partial charge in [0.1, 0.15) is 12.2 Å². The van der Waals surface area contributed by atoms with Crippen LogP contribution in [0.5, 0.6) is 0 Å². The predicted octanol–water partition coefficient (Wildman–Crippen LogP) is 3.13. The van der Waals surface area contributed by atoms with Crippen molar-refractivity contribution in [2.75, 3.05) is 6.54 Å². The average molecular weight is 305 g/mol. The van der Waals surface area contributed by atoms with Gasteiger partial charge in [0.25, 0.3) is 0 Å². The monoisotopic (exact) mass is 305 g/mol. The van der Waals surface area contributed by atoms with Gasteiger partial charge in [0.15, 0.2) is 0 Å². The molecule has 0 aromatic heterocycles. The number of benzene rings is 1. The Morgan fingerprint density at radius 3 is 2.45 bits per heavy atom. The molecule has 2 rings (SSSR count). The Bertz CT molecular complexity index is 521. The van der Waals surface area contributed by atoms with Crippen molar-refractivity contribution in [3.05, 3.63) is 35.9 Å². The molecule has 5 nitrogen and oxygen atoms in total. The molecule has 1 aliphatic heterocycles. The number of hydrogen-bond acceptors (Lipinski definition) is 4. The number of hydrogen-bond donors (Lipinski definition) is 0. The van der Waals surface area contributed by atoms with Crippen LogP contribution in [-0.2, 0) is 20.9 Å². The van der Waals surface area contributed by atoms with Crippen molar-refractivity contribution in [1.82, 2.24) is 4.90 Å². The molecule has 1 aromatic rings. The quantitative estimate of drug-likeness (QED) is 0.802. The Morgan fingerprint density at radius 2 is 1.91 bits per heavy atom. The normalized spacial score (nSPS) is 17.6. The zero-order chi connectivity index (χ0) is 16.2. The van der Waals surface area contributed by atoms with Crippen molar-refractivity contribution in [2.24, 2.45) is 0 Å². The van der Waals surface area contributed by atoms with E-state index in [0.29, 0.717) is 6.54 Å². The smallest absolute Gasteiger partial charge is 0.410 e. The first-order valence-corrected chi connectivity index (χ1v) is 7.54. The molecule has 22 heavy (non-hydrogen) atoms. The van der Waals surface area contributed by atoms with Gasteiger partial charge in [-0.3, -0.25) is 4.79 Å². The average Bonchev–Trinajstić information content (AvgIpc) is 2.41. The summed E-state index contributed by atoms with van der Waals surface area (Å²) in [5.74, 6) is -0.280. The lowest BCUT2D eigenvalue weighted by Crippen LogP contribution is -2.52. The molecule has 0 radical (unpaired) electrons. The highest BCUT2D eigenvalue weighted by atomic mass is 16.6. The van der Waals surface area contributed by atoms with Gasteiger partial charge < -0.3 is 14.4 Å². The maximum atomic E-state index is 12.0. The van der Waals surface area contributed by atoms with Crippen LogP contribution >= 0.6 is 0 Å². The molecule has 0 aliphatic carbocycles. The minimum atomic E-state index is -0.501. The summed E-state index contributed by atoms with van der Waals surface area (Å²) in [6, 6.07) is 9.41. The fraction of sp³-hybridized carbons (Fsp3) is 0.529. The van der Waals surface area contributed by atoms with Crippen molar-refractivity contribution in [1.29, 1.82) is 0 Å². The van der Waals surface area contributed by atoms with E-state index < -0.39 is 5.60 Å². The van der Waals surface area contributed by atoms with Crippen molar-refractivity contribution >= 4 is 12.1 Å². The van der Waals surface area contributed by atoms with E-state index in [-0.39, 0.29) is 31.1 Å². The molecule has 1 fully saturated rings. The Hall–Kier alpha value is -2.04. The van der Waals surface area contributed by atoms with E-state index in [4.69, 9.17) is 9.47 Å². The number of esters is 1. The molecular weight excluding hydrogens is 282 g/mol. The molecular formula is C17H23NO4. The van der Waals surface area contributed by atoms with Gasteiger partial charge in [-0.05, 0) is 32.8 Å². The Kier molecular flexibility index (Phi) is 5.06. The van der Waals surface area contributed by atoms with Crippen molar-refractivity contribution in [3.8, 4) is 0 Å².